The molecule has 9 nitrogen and oxygen atoms in total. The molecule has 194 valence electrons. The SMILES string of the molecule is Cc1ccn2c(CC3CN(C(=O)O)CCO3)c(-c3c(F)cc(-n4ccc(C(C)(C)O)n4)cc3F)nc2c1. The first-order chi connectivity index (χ1) is 17.5. The molecule has 1 aliphatic heterocycles. The monoisotopic (exact) mass is 511 g/mol. The highest BCUT2D eigenvalue weighted by atomic mass is 19.1. The van der Waals surface area contributed by atoms with Crippen LogP contribution in [-0.2, 0) is 16.8 Å². The van der Waals surface area contributed by atoms with Crippen molar-refractivity contribution in [3.8, 4) is 16.9 Å². The second kappa shape index (κ2) is 9.24. The van der Waals surface area contributed by atoms with Crippen molar-refractivity contribution in [2.45, 2.75) is 38.9 Å². The number of carboxylic acid groups (broad SMARTS) is 1. The number of nitrogens with zero attached hydrogens (tertiary/aromatic N) is 5. The molecule has 0 bridgehead atoms. The van der Waals surface area contributed by atoms with Gasteiger partial charge in [-0.25, -0.2) is 23.2 Å². The van der Waals surface area contributed by atoms with Crippen molar-refractivity contribution in [1.82, 2.24) is 24.1 Å². The molecule has 4 heterocycles. The van der Waals surface area contributed by atoms with E-state index in [0.29, 0.717) is 17.0 Å². The fourth-order valence-corrected chi connectivity index (χ4v) is 4.54. The summed E-state index contributed by atoms with van der Waals surface area (Å²) in [6, 6.07) is 7.59. The highest BCUT2D eigenvalue weighted by Crippen LogP contribution is 2.33. The number of morpholine rings is 1. The van der Waals surface area contributed by atoms with E-state index in [0.717, 1.165) is 5.56 Å². The van der Waals surface area contributed by atoms with Gasteiger partial charge in [-0.3, -0.25) is 0 Å². The van der Waals surface area contributed by atoms with Crippen LogP contribution < -0.4 is 0 Å². The predicted octanol–water partition coefficient (Wildman–Crippen LogP) is 3.92. The van der Waals surface area contributed by atoms with Crippen molar-refractivity contribution in [1.29, 1.82) is 0 Å². The summed E-state index contributed by atoms with van der Waals surface area (Å²) in [4.78, 5) is 17.3. The van der Waals surface area contributed by atoms with Crippen LogP contribution >= 0.6 is 0 Å². The van der Waals surface area contributed by atoms with Gasteiger partial charge < -0.3 is 24.3 Å². The summed E-state index contributed by atoms with van der Waals surface area (Å²) < 4.78 is 40.0. The Kier molecular flexibility index (Phi) is 6.20. The van der Waals surface area contributed by atoms with Crippen molar-refractivity contribution < 1.29 is 28.5 Å². The zero-order chi connectivity index (χ0) is 26.5. The van der Waals surface area contributed by atoms with E-state index in [1.807, 2.05) is 19.1 Å². The van der Waals surface area contributed by atoms with Crippen molar-refractivity contribution >= 4 is 11.7 Å². The van der Waals surface area contributed by atoms with Crippen LogP contribution in [0.15, 0.2) is 42.7 Å². The zero-order valence-electron chi connectivity index (χ0n) is 20.7. The van der Waals surface area contributed by atoms with Gasteiger partial charge in [0.25, 0.3) is 0 Å². The number of aliphatic hydroxyl groups is 1. The number of hydrogen-bond acceptors (Lipinski definition) is 5. The molecule has 1 aliphatic rings. The van der Waals surface area contributed by atoms with Gasteiger partial charge in [-0.2, -0.15) is 5.10 Å². The van der Waals surface area contributed by atoms with Gasteiger partial charge in [0.05, 0.1) is 47.6 Å². The number of aryl methyl sites for hydroxylation is 1. The normalized spacial score (nSPS) is 16.5. The number of benzene rings is 1. The Balaban J connectivity index is 1.58. The summed E-state index contributed by atoms with van der Waals surface area (Å²) in [7, 11) is 0. The number of aromatic nitrogens is 4. The summed E-state index contributed by atoms with van der Waals surface area (Å²) in [6.45, 7) is 5.67. The van der Waals surface area contributed by atoms with E-state index in [-0.39, 0.29) is 43.1 Å². The molecule has 1 aromatic carbocycles. The summed E-state index contributed by atoms with van der Waals surface area (Å²) in [5, 5.41) is 23.8. The van der Waals surface area contributed by atoms with E-state index >= 15 is 8.78 Å². The third-order valence-electron chi connectivity index (χ3n) is 6.46. The summed E-state index contributed by atoms with van der Waals surface area (Å²) in [6.07, 6.45) is 1.97. The molecule has 1 amide bonds. The average molecular weight is 512 g/mol. The van der Waals surface area contributed by atoms with Crippen molar-refractivity contribution in [2.75, 3.05) is 19.7 Å². The van der Waals surface area contributed by atoms with E-state index in [4.69, 9.17) is 4.74 Å². The largest absolute Gasteiger partial charge is 0.465 e. The molecular formula is C26H27F2N5O4. The Morgan fingerprint density at radius 3 is 2.57 bits per heavy atom. The maximum absolute atomic E-state index is 15.6. The van der Waals surface area contributed by atoms with Crippen molar-refractivity contribution in [3.63, 3.8) is 0 Å². The summed E-state index contributed by atoms with van der Waals surface area (Å²) in [5.74, 6) is -1.65. The van der Waals surface area contributed by atoms with E-state index < -0.39 is 29.4 Å². The Labute approximate surface area is 211 Å². The van der Waals surface area contributed by atoms with Crippen LogP contribution in [0.2, 0.25) is 0 Å². The standard InChI is InChI=1S/C26H27F2N5O4/c1-15-4-6-32-20(13-17-14-31(25(34)35)8-9-37-17)24(29-22(32)10-15)23-18(27)11-16(12-19(23)28)33-7-5-21(30-33)26(2,3)36/h4-7,10-12,17,36H,8-9,13-14H2,1-3H3,(H,34,35). The van der Waals surface area contributed by atoms with Gasteiger partial charge in [0, 0.05) is 37.5 Å². The number of ether oxygens (including phenoxy) is 1. The van der Waals surface area contributed by atoms with Crippen LogP contribution in [-0.4, -0.2) is 66.2 Å². The van der Waals surface area contributed by atoms with Crippen molar-refractivity contribution in [2.24, 2.45) is 0 Å². The minimum atomic E-state index is -1.21. The molecule has 2 N–H and O–H groups in total. The number of imidazole rings is 1. The molecule has 4 aromatic rings. The number of carbonyl (C=O) groups is 1. The molecule has 0 spiro atoms. The van der Waals surface area contributed by atoms with Gasteiger partial charge in [-0.15, -0.1) is 0 Å². The Morgan fingerprint density at radius 1 is 1.19 bits per heavy atom. The highest BCUT2D eigenvalue weighted by Gasteiger charge is 2.29. The smallest absolute Gasteiger partial charge is 0.407 e. The molecule has 0 radical (unpaired) electrons. The maximum Gasteiger partial charge on any atom is 0.407 e. The lowest BCUT2D eigenvalue weighted by Crippen LogP contribution is -2.45. The molecule has 1 atom stereocenters. The average Bonchev–Trinajstić information content (AvgIpc) is 3.45. The first-order valence-electron chi connectivity index (χ1n) is 11.9. The number of hydrogen-bond donors (Lipinski definition) is 2. The van der Waals surface area contributed by atoms with Crippen LogP contribution in [0.4, 0.5) is 13.6 Å². The lowest BCUT2D eigenvalue weighted by atomic mass is 10.0. The predicted molar refractivity (Wildman–Crippen MR) is 131 cm³/mol. The van der Waals surface area contributed by atoms with Crippen LogP contribution in [0.3, 0.4) is 0 Å². The molecule has 1 saturated heterocycles. The van der Waals surface area contributed by atoms with Gasteiger partial charge in [0.1, 0.15) is 22.9 Å². The van der Waals surface area contributed by atoms with Crippen LogP contribution in [0, 0.1) is 18.6 Å². The van der Waals surface area contributed by atoms with E-state index in [2.05, 4.69) is 10.1 Å². The second-order valence-electron chi connectivity index (χ2n) is 9.75. The van der Waals surface area contributed by atoms with Gasteiger partial charge in [0.15, 0.2) is 0 Å². The molecule has 3 aromatic heterocycles. The lowest BCUT2D eigenvalue weighted by Gasteiger charge is -2.31. The first-order valence-corrected chi connectivity index (χ1v) is 11.9. The summed E-state index contributed by atoms with van der Waals surface area (Å²) >= 11 is 0. The Hall–Kier alpha value is -3.83. The lowest BCUT2D eigenvalue weighted by molar-refractivity contribution is -0.0214. The van der Waals surface area contributed by atoms with Crippen LogP contribution in [0.25, 0.3) is 22.6 Å². The van der Waals surface area contributed by atoms with E-state index in [1.54, 1.807) is 30.5 Å². The van der Waals surface area contributed by atoms with E-state index in [1.165, 1.54) is 27.9 Å². The fourth-order valence-electron chi connectivity index (χ4n) is 4.54. The summed E-state index contributed by atoms with van der Waals surface area (Å²) in [5.41, 5.74) is 1.10. The number of fused-ring (bicyclic) bond motifs is 1. The molecule has 0 saturated carbocycles. The molecule has 5 rings (SSSR count). The number of rotatable bonds is 5. The van der Waals surface area contributed by atoms with Gasteiger partial charge in [0.2, 0.25) is 0 Å². The third kappa shape index (κ3) is 4.79. The molecule has 37 heavy (non-hydrogen) atoms. The van der Waals surface area contributed by atoms with Gasteiger partial charge >= 0.3 is 6.09 Å². The second-order valence-corrected chi connectivity index (χ2v) is 9.75. The van der Waals surface area contributed by atoms with Crippen LogP contribution in [0.1, 0.15) is 30.8 Å². The number of amides is 1. The topological polar surface area (TPSA) is 105 Å². The number of halogens is 2. The van der Waals surface area contributed by atoms with Crippen LogP contribution in [0.5, 0.6) is 0 Å². The highest BCUT2D eigenvalue weighted by molar-refractivity contribution is 5.69. The minimum Gasteiger partial charge on any atom is -0.465 e. The van der Waals surface area contributed by atoms with E-state index in [9.17, 15) is 15.0 Å². The maximum atomic E-state index is 15.6. The molecular weight excluding hydrogens is 484 g/mol. The Morgan fingerprint density at radius 2 is 1.92 bits per heavy atom. The number of pyridine rings is 1. The molecule has 11 heteroatoms. The molecule has 1 fully saturated rings. The first kappa shape index (κ1) is 24.8. The molecule has 0 aliphatic carbocycles. The third-order valence-corrected chi connectivity index (χ3v) is 6.46. The van der Waals surface area contributed by atoms with Gasteiger partial charge in [-0.05, 0) is 44.5 Å². The minimum absolute atomic E-state index is 0.126. The quantitative estimate of drug-likeness (QED) is 0.421. The zero-order valence-corrected chi connectivity index (χ0v) is 20.7. The molecule has 1 unspecified atom stereocenters. The van der Waals surface area contributed by atoms with Crippen molar-refractivity contribution in [3.05, 3.63) is 71.3 Å². The fraction of sp³-hybridized carbons (Fsp3) is 0.346. The Bertz CT molecular complexity index is 1470. The van der Waals surface area contributed by atoms with Gasteiger partial charge in [-0.1, -0.05) is 0 Å².